The number of ether oxygens (including phenoxy) is 1. The summed E-state index contributed by atoms with van der Waals surface area (Å²) in [5.74, 6) is 0.427. The molecule has 2 rings (SSSR count). The zero-order valence-corrected chi connectivity index (χ0v) is 13.1. The molecule has 5 nitrogen and oxygen atoms in total. The maximum Gasteiger partial charge on any atom is 0.243 e. The van der Waals surface area contributed by atoms with Crippen LogP contribution in [0, 0.1) is 17.2 Å². The number of nitriles is 1. The first-order chi connectivity index (χ1) is 10.0. The minimum Gasteiger partial charge on any atom is -0.383 e. The van der Waals surface area contributed by atoms with E-state index in [4.69, 9.17) is 10.00 Å². The second-order valence-corrected chi connectivity index (χ2v) is 7.22. The predicted molar refractivity (Wildman–Crippen MR) is 79.1 cm³/mol. The van der Waals surface area contributed by atoms with Crippen LogP contribution in [0.5, 0.6) is 0 Å². The average Bonchev–Trinajstić information content (AvgIpc) is 3.32. The third-order valence-corrected chi connectivity index (χ3v) is 5.83. The number of sulfonamides is 1. The van der Waals surface area contributed by atoms with Gasteiger partial charge in [-0.2, -0.15) is 9.57 Å². The predicted octanol–water partition coefficient (Wildman–Crippen LogP) is 1.99. The molecule has 6 heteroatoms. The normalized spacial score (nSPS) is 16.7. The topological polar surface area (TPSA) is 70.4 Å². The first-order valence-electron chi connectivity index (χ1n) is 7.01. The summed E-state index contributed by atoms with van der Waals surface area (Å²) < 4.78 is 32.2. The van der Waals surface area contributed by atoms with Crippen molar-refractivity contribution in [3.05, 3.63) is 29.8 Å². The Morgan fingerprint density at radius 3 is 2.76 bits per heavy atom. The molecule has 21 heavy (non-hydrogen) atoms. The van der Waals surface area contributed by atoms with Crippen molar-refractivity contribution in [2.45, 2.75) is 30.7 Å². The van der Waals surface area contributed by atoms with Crippen molar-refractivity contribution < 1.29 is 13.2 Å². The molecular weight excluding hydrogens is 288 g/mol. The van der Waals surface area contributed by atoms with Crippen LogP contribution in [0.15, 0.2) is 29.2 Å². The lowest BCUT2D eigenvalue weighted by Gasteiger charge is -2.28. The van der Waals surface area contributed by atoms with Gasteiger partial charge in [0.2, 0.25) is 10.0 Å². The Bertz CT molecular complexity index is 633. The molecule has 0 amide bonds. The van der Waals surface area contributed by atoms with Crippen molar-refractivity contribution in [2.75, 3.05) is 20.3 Å². The van der Waals surface area contributed by atoms with Crippen molar-refractivity contribution in [1.82, 2.24) is 4.31 Å². The standard InChI is InChI=1S/C15H20N2O3S/c1-12(14-6-7-14)17(8-9-20-2)21(18,19)15-5-3-4-13(10-15)11-16/h3-5,10,12,14H,6-9H2,1-2H3/t12-/m0/s1. The van der Waals surface area contributed by atoms with Gasteiger partial charge in [-0.25, -0.2) is 8.42 Å². The van der Waals surface area contributed by atoms with E-state index < -0.39 is 10.0 Å². The first-order valence-corrected chi connectivity index (χ1v) is 8.45. The summed E-state index contributed by atoms with van der Waals surface area (Å²) in [6.45, 7) is 2.63. The second-order valence-electron chi connectivity index (χ2n) is 5.33. The molecule has 0 radical (unpaired) electrons. The molecule has 0 N–H and O–H groups in total. The van der Waals surface area contributed by atoms with E-state index in [0.29, 0.717) is 24.6 Å². The number of methoxy groups -OCH3 is 1. The van der Waals surface area contributed by atoms with Gasteiger partial charge >= 0.3 is 0 Å². The summed E-state index contributed by atoms with van der Waals surface area (Å²) >= 11 is 0. The highest BCUT2D eigenvalue weighted by Crippen LogP contribution is 2.37. The molecule has 0 heterocycles. The number of benzene rings is 1. The molecule has 1 aromatic rings. The zero-order chi connectivity index (χ0) is 15.5. The Morgan fingerprint density at radius 1 is 1.48 bits per heavy atom. The number of nitrogens with zero attached hydrogens (tertiary/aromatic N) is 2. The van der Waals surface area contributed by atoms with E-state index in [9.17, 15) is 8.42 Å². The molecule has 1 saturated carbocycles. The minimum absolute atomic E-state index is 0.0455. The Morgan fingerprint density at radius 2 is 2.19 bits per heavy atom. The Balaban J connectivity index is 2.33. The molecule has 0 aliphatic heterocycles. The fraction of sp³-hybridized carbons (Fsp3) is 0.533. The van der Waals surface area contributed by atoms with Crippen LogP contribution >= 0.6 is 0 Å². The molecule has 1 aliphatic rings. The van der Waals surface area contributed by atoms with Gasteiger partial charge in [-0.05, 0) is 43.9 Å². The van der Waals surface area contributed by atoms with E-state index in [0.717, 1.165) is 12.8 Å². The van der Waals surface area contributed by atoms with E-state index in [1.165, 1.54) is 16.4 Å². The highest BCUT2D eigenvalue weighted by Gasteiger charge is 2.38. The number of hydrogen-bond donors (Lipinski definition) is 0. The van der Waals surface area contributed by atoms with Crippen LogP contribution in [0.3, 0.4) is 0 Å². The zero-order valence-electron chi connectivity index (χ0n) is 12.3. The summed E-state index contributed by atoms with van der Waals surface area (Å²) in [6, 6.07) is 8.09. The SMILES string of the molecule is COCCN([C@@H](C)C1CC1)S(=O)(=O)c1cccc(C#N)c1. The molecule has 0 saturated heterocycles. The van der Waals surface area contributed by atoms with Gasteiger partial charge in [0.05, 0.1) is 23.1 Å². The molecule has 1 atom stereocenters. The van der Waals surface area contributed by atoms with Gasteiger partial charge in [-0.1, -0.05) is 6.07 Å². The van der Waals surface area contributed by atoms with Crippen LogP contribution in [0.25, 0.3) is 0 Å². The van der Waals surface area contributed by atoms with Gasteiger partial charge in [0.15, 0.2) is 0 Å². The maximum absolute atomic E-state index is 12.8. The van der Waals surface area contributed by atoms with E-state index in [-0.39, 0.29) is 10.9 Å². The quantitative estimate of drug-likeness (QED) is 0.772. The molecule has 1 fully saturated rings. The van der Waals surface area contributed by atoms with Crippen molar-refractivity contribution in [3.8, 4) is 6.07 Å². The van der Waals surface area contributed by atoms with E-state index in [2.05, 4.69) is 0 Å². The van der Waals surface area contributed by atoms with Crippen molar-refractivity contribution in [1.29, 1.82) is 5.26 Å². The Hall–Kier alpha value is -1.42. The third kappa shape index (κ3) is 3.62. The van der Waals surface area contributed by atoms with E-state index >= 15 is 0 Å². The highest BCUT2D eigenvalue weighted by molar-refractivity contribution is 7.89. The first kappa shape index (κ1) is 16.0. The van der Waals surface area contributed by atoms with Crippen LogP contribution in [-0.2, 0) is 14.8 Å². The van der Waals surface area contributed by atoms with Crippen LogP contribution < -0.4 is 0 Å². The molecule has 1 aliphatic carbocycles. The molecule has 0 aromatic heterocycles. The van der Waals surface area contributed by atoms with Gasteiger partial charge in [-0.3, -0.25) is 0 Å². The highest BCUT2D eigenvalue weighted by atomic mass is 32.2. The maximum atomic E-state index is 12.8. The van der Waals surface area contributed by atoms with Gasteiger partial charge in [0, 0.05) is 19.7 Å². The fourth-order valence-electron chi connectivity index (χ4n) is 2.40. The Labute approximate surface area is 126 Å². The lowest BCUT2D eigenvalue weighted by atomic mass is 10.2. The molecule has 0 unspecified atom stereocenters. The van der Waals surface area contributed by atoms with E-state index in [1.807, 2.05) is 13.0 Å². The van der Waals surface area contributed by atoms with Crippen molar-refractivity contribution in [3.63, 3.8) is 0 Å². The molecular formula is C15H20N2O3S. The monoisotopic (exact) mass is 308 g/mol. The summed E-state index contributed by atoms with van der Waals surface area (Å²) in [6.07, 6.45) is 2.14. The van der Waals surface area contributed by atoms with Crippen LogP contribution in [-0.4, -0.2) is 39.0 Å². The fourth-order valence-corrected chi connectivity index (χ4v) is 4.12. The second kappa shape index (κ2) is 6.56. The van der Waals surface area contributed by atoms with Crippen LogP contribution in [0.4, 0.5) is 0 Å². The lowest BCUT2D eigenvalue weighted by Crippen LogP contribution is -2.41. The molecule has 0 bridgehead atoms. The van der Waals surface area contributed by atoms with Crippen LogP contribution in [0.2, 0.25) is 0 Å². The van der Waals surface area contributed by atoms with Gasteiger partial charge < -0.3 is 4.74 Å². The van der Waals surface area contributed by atoms with Crippen LogP contribution in [0.1, 0.15) is 25.3 Å². The largest absolute Gasteiger partial charge is 0.383 e. The number of rotatable bonds is 7. The lowest BCUT2D eigenvalue weighted by molar-refractivity contribution is 0.164. The summed E-state index contributed by atoms with van der Waals surface area (Å²) in [4.78, 5) is 0.171. The van der Waals surface area contributed by atoms with Gasteiger partial charge in [-0.15, -0.1) is 0 Å². The number of hydrogen-bond acceptors (Lipinski definition) is 4. The van der Waals surface area contributed by atoms with Gasteiger partial charge in [0.25, 0.3) is 0 Å². The van der Waals surface area contributed by atoms with Gasteiger partial charge in [0.1, 0.15) is 0 Å². The Kier molecular flexibility index (Phi) is 4.99. The van der Waals surface area contributed by atoms with E-state index in [1.54, 1.807) is 19.2 Å². The molecule has 0 spiro atoms. The molecule has 114 valence electrons. The summed E-state index contributed by atoms with van der Waals surface area (Å²) in [5.41, 5.74) is 0.349. The third-order valence-electron chi connectivity index (χ3n) is 3.84. The smallest absolute Gasteiger partial charge is 0.243 e. The van der Waals surface area contributed by atoms with Crippen molar-refractivity contribution in [2.24, 2.45) is 5.92 Å². The summed E-state index contributed by atoms with van der Waals surface area (Å²) in [7, 11) is -2.05. The minimum atomic E-state index is -3.61. The summed E-state index contributed by atoms with van der Waals surface area (Å²) in [5, 5.41) is 8.94. The average molecular weight is 308 g/mol. The van der Waals surface area contributed by atoms with Crippen molar-refractivity contribution >= 4 is 10.0 Å². The molecule has 1 aromatic carbocycles.